The summed E-state index contributed by atoms with van der Waals surface area (Å²) in [5.41, 5.74) is 1.05. The standard InChI is InChI=1S/C27H39N3O5/c1-19(2)15-24-25(32)28-22(18-31)17-21(26(33)30(3)4)13-9-6-10-14-23(35-27(34)29-24)16-20-11-7-5-8-12-20/h5-9,11-12,18-19,21-24H,10,13-17H2,1-4H3,(H,28,32)(H,29,34)/t21?,22-,23?,24-/m0/s1. The molecule has 35 heavy (non-hydrogen) atoms. The molecule has 2 unspecified atom stereocenters. The van der Waals surface area contributed by atoms with Gasteiger partial charge in [0, 0.05) is 26.4 Å². The van der Waals surface area contributed by atoms with Crippen LogP contribution in [0.1, 0.15) is 51.5 Å². The third-order valence-corrected chi connectivity index (χ3v) is 5.96. The number of hydrogen-bond donors (Lipinski definition) is 2. The van der Waals surface area contributed by atoms with Crippen molar-refractivity contribution in [3.05, 3.63) is 48.0 Å². The topological polar surface area (TPSA) is 105 Å². The van der Waals surface area contributed by atoms with Crippen molar-refractivity contribution in [2.75, 3.05) is 14.1 Å². The van der Waals surface area contributed by atoms with E-state index in [1.807, 2.05) is 56.3 Å². The average Bonchev–Trinajstić information content (AvgIpc) is 2.81. The number of carbonyl (C=O) groups excluding carboxylic acids is 4. The molecule has 0 bridgehead atoms. The fraction of sp³-hybridized carbons (Fsp3) is 0.556. The monoisotopic (exact) mass is 485 g/mol. The van der Waals surface area contributed by atoms with Crippen molar-refractivity contribution in [1.29, 1.82) is 0 Å². The maximum atomic E-state index is 13.0. The number of alkyl carbamates (subject to hydrolysis) is 1. The van der Waals surface area contributed by atoms with Gasteiger partial charge < -0.3 is 25.1 Å². The molecule has 1 aliphatic rings. The van der Waals surface area contributed by atoms with E-state index in [9.17, 15) is 19.2 Å². The zero-order chi connectivity index (χ0) is 25.8. The Kier molecular flexibility index (Phi) is 11.5. The molecule has 2 N–H and O–H groups in total. The molecule has 1 heterocycles. The summed E-state index contributed by atoms with van der Waals surface area (Å²) in [5, 5.41) is 5.41. The Hall–Kier alpha value is -3.16. The maximum Gasteiger partial charge on any atom is 0.408 e. The second-order valence-electron chi connectivity index (χ2n) is 9.74. The van der Waals surface area contributed by atoms with Gasteiger partial charge in [0.25, 0.3) is 0 Å². The van der Waals surface area contributed by atoms with Crippen LogP contribution in [0, 0.1) is 11.8 Å². The first-order valence-electron chi connectivity index (χ1n) is 12.3. The summed E-state index contributed by atoms with van der Waals surface area (Å²) in [4.78, 5) is 51.8. The number of carbonyl (C=O) groups is 4. The lowest BCUT2D eigenvalue weighted by atomic mass is 9.94. The van der Waals surface area contributed by atoms with Gasteiger partial charge in [0.15, 0.2) is 0 Å². The molecule has 1 aromatic rings. The van der Waals surface area contributed by atoms with Crippen LogP contribution in [0.4, 0.5) is 4.79 Å². The molecule has 4 atom stereocenters. The van der Waals surface area contributed by atoms with Gasteiger partial charge in [-0.15, -0.1) is 0 Å². The highest BCUT2D eigenvalue weighted by molar-refractivity contribution is 5.88. The van der Waals surface area contributed by atoms with Crippen LogP contribution in [0.3, 0.4) is 0 Å². The van der Waals surface area contributed by atoms with E-state index < -0.39 is 30.0 Å². The van der Waals surface area contributed by atoms with Crippen molar-refractivity contribution < 1.29 is 23.9 Å². The third kappa shape index (κ3) is 9.92. The van der Waals surface area contributed by atoms with Crippen LogP contribution in [-0.2, 0) is 25.5 Å². The van der Waals surface area contributed by atoms with Gasteiger partial charge in [-0.3, -0.25) is 9.59 Å². The minimum Gasteiger partial charge on any atom is -0.446 e. The Bertz CT molecular complexity index is 869. The summed E-state index contributed by atoms with van der Waals surface area (Å²) in [5.74, 6) is -0.891. The number of benzene rings is 1. The molecule has 192 valence electrons. The lowest BCUT2D eigenvalue weighted by Crippen LogP contribution is -2.51. The van der Waals surface area contributed by atoms with E-state index in [0.29, 0.717) is 38.4 Å². The molecule has 2 rings (SSSR count). The Labute approximate surface area is 208 Å². The first kappa shape index (κ1) is 28.1. The van der Waals surface area contributed by atoms with Crippen LogP contribution in [0.25, 0.3) is 0 Å². The summed E-state index contributed by atoms with van der Waals surface area (Å²) < 4.78 is 5.74. The molecular formula is C27H39N3O5. The van der Waals surface area contributed by atoms with E-state index in [1.54, 1.807) is 14.1 Å². The van der Waals surface area contributed by atoms with Crippen molar-refractivity contribution >= 4 is 24.2 Å². The van der Waals surface area contributed by atoms with E-state index in [4.69, 9.17) is 4.74 Å². The number of nitrogens with one attached hydrogen (secondary N) is 2. The van der Waals surface area contributed by atoms with Crippen molar-refractivity contribution in [1.82, 2.24) is 15.5 Å². The predicted molar refractivity (Wildman–Crippen MR) is 135 cm³/mol. The fourth-order valence-corrected chi connectivity index (χ4v) is 4.17. The molecule has 0 aromatic heterocycles. The van der Waals surface area contributed by atoms with Crippen LogP contribution in [0.15, 0.2) is 42.5 Å². The van der Waals surface area contributed by atoms with Crippen molar-refractivity contribution in [2.24, 2.45) is 11.8 Å². The maximum absolute atomic E-state index is 13.0. The van der Waals surface area contributed by atoms with Gasteiger partial charge in [0.2, 0.25) is 11.8 Å². The molecule has 1 aliphatic heterocycles. The first-order valence-corrected chi connectivity index (χ1v) is 12.3. The minimum atomic E-state index is -0.853. The number of ether oxygens (including phenoxy) is 1. The van der Waals surface area contributed by atoms with Gasteiger partial charge >= 0.3 is 6.09 Å². The third-order valence-electron chi connectivity index (χ3n) is 5.96. The lowest BCUT2D eigenvalue weighted by Gasteiger charge is -2.25. The summed E-state index contributed by atoms with van der Waals surface area (Å²) in [6.07, 6.45) is 6.36. The average molecular weight is 486 g/mol. The number of hydrogen-bond acceptors (Lipinski definition) is 5. The van der Waals surface area contributed by atoms with E-state index in [-0.39, 0.29) is 24.3 Å². The Morgan fingerprint density at radius 3 is 2.49 bits per heavy atom. The van der Waals surface area contributed by atoms with Gasteiger partial charge in [-0.1, -0.05) is 56.3 Å². The Morgan fingerprint density at radius 2 is 1.86 bits per heavy atom. The van der Waals surface area contributed by atoms with E-state index in [0.717, 1.165) is 5.56 Å². The van der Waals surface area contributed by atoms with Gasteiger partial charge in [-0.05, 0) is 43.6 Å². The Balaban J connectivity index is 2.28. The lowest BCUT2D eigenvalue weighted by molar-refractivity contribution is -0.134. The van der Waals surface area contributed by atoms with Crippen molar-refractivity contribution in [3.8, 4) is 0 Å². The molecule has 0 spiro atoms. The Morgan fingerprint density at radius 1 is 1.14 bits per heavy atom. The van der Waals surface area contributed by atoms with Gasteiger partial charge in [-0.2, -0.15) is 0 Å². The molecule has 0 radical (unpaired) electrons. The zero-order valence-electron chi connectivity index (χ0n) is 21.2. The number of amides is 3. The van der Waals surface area contributed by atoms with Crippen LogP contribution >= 0.6 is 0 Å². The van der Waals surface area contributed by atoms with Gasteiger partial charge in [0.1, 0.15) is 18.4 Å². The second kappa shape index (κ2) is 14.3. The first-order chi connectivity index (χ1) is 16.7. The summed E-state index contributed by atoms with van der Waals surface area (Å²) in [6.45, 7) is 3.89. The van der Waals surface area contributed by atoms with Crippen molar-refractivity contribution in [2.45, 2.75) is 70.6 Å². The smallest absolute Gasteiger partial charge is 0.408 e. The highest BCUT2D eigenvalue weighted by Crippen LogP contribution is 2.18. The summed E-state index contributed by atoms with van der Waals surface area (Å²) >= 11 is 0. The number of allylic oxidation sites excluding steroid dienone is 2. The van der Waals surface area contributed by atoms with E-state index in [1.165, 1.54) is 4.90 Å². The molecular weight excluding hydrogens is 446 g/mol. The number of rotatable bonds is 6. The number of cyclic esters (lactones) is 1. The second-order valence-corrected chi connectivity index (χ2v) is 9.74. The normalized spacial score (nSPS) is 24.4. The minimum absolute atomic E-state index is 0.0996. The molecule has 0 fully saturated rings. The summed E-state index contributed by atoms with van der Waals surface area (Å²) in [6, 6.07) is 8.09. The molecule has 8 heteroatoms. The van der Waals surface area contributed by atoms with Crippen LogP contribution in [0.2, 0.25) is 0 Å². The zero-order valence-corrected chi connectivity index (χ0v) is 21.2. The summed E-state index contributed by atoms with van der Waals surface area (Å²) in [7, 11) is 3.35. The SMILES string of the molecule is CC(C)C[C@@H]1NC(=O)OC(Cc2ccccc2)CCC=CCC(C(=O)N(C)C)C[C@@H](C=O)NC1=O. The molecule has 0 saturated carbocycles. The van der Waals surface area contributed by atoms with Gasteiger partial charge in [-0.25, -0.2) is 4.79 Å². The number of aldehydes is 1. The molecule has 1 aromatic carbocycles. The van der Waals surface area contributed by atoms with Crippen LogP contribution in [-0.4, -0.2) is 61.4 Å². The largest absolute Gasteiger partial charge is 0.446 e. The molecule has 0 aliphatic carbocycles. The van der Waals surface area contributed by atoms with E-state index in [2.05, 4.69) is 10.6 Å². The van der Waals surface area contributed by atoms with Crippen LogP contribution in [0.5, 0.6) is 0 Å². The molecule has 3 amide bonds. The quantitative estimate of drug-likeness (QED) is 0.475. The molecule has 8 nitrogen and oxygen atoms in total. The number of nitrogens with zero attached hydrogens (tertiary/aromatic N) is 1. The van der Waals surface area contributed by atoms with E-state index >= 15 is 0 Å². The molecule has 0 saturated heterocycles. The fourth-order valence-electron chi connectivity index (χ4n) is 4.17. The predicted octanol–water partition coefficient (Wildman–Crippen LogP) is 3.26. The van der Waals surface area contributed by atoms with Gasteiger partial charge in [0.05, 0.1) is 6.04 Å². The highest BCUT2D eigenvalue weighted by atomic mass is 16.6. The van der Waals surface area contributed by atoms with Crippen LogP contribution < -0.4 is 10.6 Å². The van der Waals surface area contributed by atoms with Crippen molar-refractivity contribution in [3.63, 3.8) is 0 Å². The highest BCUT2D eigenvalue weighted by Gasteiger charge is 2.29.